The Hall–Kier alpha value is -1.78. The summed E-state index contributed by atoms with van der Waals surface area (Å²) in [6.07, 6.45) is 2.63. The lowest BCUT2D eigenvalue weighted by Crippen LogP contribution is -1.98. The third-order valence-electron chi connectivity index (χ3n) is 2.61. The largest absolute Gasteiger partial charge is 0.494 e. The van der Waals surface area contributed by atoms with Crippen molar-refractivity contribution in [3.63, 3.8) is 0 Å². The van der Waals surface area contributed by atoms with Crippen LogP contribution in [0.15, 0.2) is 36.5 Å². The van der Waals surface area contributed by atoms with E-state index in [0.717, 1.165) is 17.7 Å². The first-order valence-corrected chi connectivity index (χ1v) is 6.86. The van der Waals surface area contributed by atoms with Gasteiger partial charge >= 0.3 is 0 Å². The summed E-state index contributed by atoms with van der Waals surface area (Å²) in [6, 6.07) is 9.10. The maximum absolute atomic E-state index is 6.09. The van der Waals surface area contributed by atoms with Crippen molar-refractivity contribution in [2.24, 2.45) is 5.73 Å². The maximum atomic E-state index is 6.09. The molecule has 0 saturated heterocycles. The molecule has 1 aromatic carbocycles. The van der Waals surface area contributed by atoms with Gasteiger partial charge in [-0.25, -0.2) is 4.98 Å². The van der Waals surface area contributed by atoms with Crippen molar-refractivity contribution in [2.45, 2.75) is 19.9 Å². The summed E-state index contributed by atoms with van der Waals surface area (Å²) in [5.41, 5.74) is 6.39. The quantitative estimate of drug-likeness (QED) is 0.880. The second-order valence-electron chi connectivity index (χ2n) is 4.26. The van der Waals surface area contributed by atoms with Crippen LogP contribution in [-0.2, 0) is 6.54 Å². The van der Waals surface area contributed by atoms with E-state index in [4.69, 9.17) is 26.8 Å². The number of aromatic nitrogens is 1. The van der Waals surface area contributed by atoms with Gasteiger partial charge in [0.25, 0.3) is 0 Å². The molecular weight excluding hydrogens is 276 g/mol. The van der Waals surface area contributed by atoms with Gasteiger partial charge in [-0.3, -0.25) is 0 Å². The molecule has 0 atom stereocenters. The van der Waals surface area contributed by atoms with E-state index in [0.29, 0.717) is 29.8 Å². The Kier molecular flexibility index (Phi) is 5.21. The molecule has 1 aromatic heterocycles. The highest BCUT2D eigenvalue weighted by Crippen LogP contribution is 2.28. The van der Waals surface area contributed by atoms with E-state index in [1.54, 1.807) is 12.3 Å². The van der Waals surface area contributed by atoms with Crippen molar-refractivity contribution in [3.8, 4) is 17.4 Å². The molecule has 2 aromatic rings. The van der Waals surface area contributed by atoms with E-state index in [1.807, 2.05) is 24.3 Å². The standard InChI is InChI=1S/C15H17ClN2O2/c1-2-7-19-12-3-5-13(6-4-12)20-15-14(16)8-11(9-17)10-18-15/h3-6,8,10H,2,7,9,17H2,1H3. The Morgan fingerprint density at radius 1 is 1.20 bits per heavy atom. The van der Waals surface area contributed by atoms with Crippen LogP contribution in [0.2, 0.25) is 5.02 Å². The smallest absolute Gasteiger partial charge is 0.238 e. The molecule has 0 spiro atoms. The van der Waals surface area contributed by atoms with Crippen LogP contribution >= 0.6 is 11.6 Å². The topological polar surface area (TPSA) is 57.4 Å². The van der Waals surface area contributed by atoms with Crippen LogP contribution < -0.4 is 15.2 Å². The van der Waals surface area contributed by atoms with E-state index >= 15 is 0 Å². The molecule has 5 heteroatoms. The Balaban J connectivity index is 2.06. The molecule has 0 unspecified atom stereocenters. The summed E-state index contributed by atoms with van der Waals surface area (Å²) in [4.78, 5) is 4.15. The van der Waals surface area contributed by atoms with Crippen LogP contribution in [0.4, 0.5) is 0 Å². The average Bonchev–Trinajstić information content (AvgIpc) is 2.48. The van der Waals surface area contributed by atoms with Crippen molar-refractivity contribution in [2.75, 3.05) is 6.61 Å². The van der Waals surface area contributed by atoms with Gasteiger partial charge in [-0.1, -0.05) is 18.5 Å². The second kappa shape index (κ2) is 7.12. The minimum absolute atomic E-state index is 0.367. The highest BCUT2D eigenvalue weighted by Gasteiger charge is 2.06. The van der Waals surface area contributed by atoms with Gasteiger partial charge in [-0.05, 0) is 42.3 Å². The van der Waals surface area contributed by atoms with Crippen molar-refractivity contribution < 1.29 is 9.47 Å². The molecule has 1 heterocycles. The van der Waals surface area contributed by atoms with Gasteiger partial charge in [-0.2, -0.15) is 0 Å². The summed E-state index contributed by atoms with van der Waals surface area (Å²) in [7, 11) is 0. The Bertz CT molecular complexity index is 558. The summed E-state index contributed by atoms with van der Waals surface area (Å²) >= 11 is 6.09. The normalized spacial score (nSPS) is 10.3. The van der Waals surface area contributed by atoms with Gasteiger partial charge in [0, 0.05) is 12.7 Å². The summed E-state index contributed by atoms with van der Waals surface area (Å²) in [5.74, 6) is 1.84. The number of hydrogen-bond donors (Lipinski definition) is 1. The number of benzene rings is 1. The molecule has 0 aliphatic rings. The summed E-state index contributed by atoms with van der Waals surface area (Å²) < 4.78 is 11.1. The fraction of sp³-hybridized carbons (Fsp3) is 0.267. The lowest BCUT2D eigenvalue weighted by Gasteiger charge is -2.09. The fourth-order valence-electron chi connectivity index (χ4n) is 1.59. The van der Waals surface area contributed by atoms with Gasteiger partial charge in [0.05, 0.1) is 6.61 Å². The van der Waals surface area contributed by atoms with Crippen molar-refractivity contribution >= 4 is 11.6 Å². The monoisotopic (exact) mass is 292 g/mol. The van der Waals surface area contributed by atoms with Gasteiger partial charge in [0.15, 0.2) is 0 Å². The second-order valence-corrected chi connectivity index (χ2v) is 4.66. The summed E-state index contributed by atoms with van der Waals surface area (Å²) in [5, 5.41) is 0.444. The van der Waals surface area contributed by atoms with E-state index in [9.17, 15) is 0 Å². The van der Waals surface area contributed by atoms with Crippen LogP contribution in [-0.4, -0.2) is 11.6 Å². The average molecular weight is 293 g/mol. The molecule has 20 heavy (non-hydrogen) atoms. The number of pyridine rings is 1. The molecule has 106 valence electrons. The maximum Gasteiger partial charge on any atom is 0.238 e. The molecule has 0 bridgehead atoms. The molecule has 2 rings (SSSR count). The van der Waals surface area contributed by atoms with Crippen LogP contribution in [0.5, 0.6) is 17.4 Å². The number of halogens is 1. The molecule has 0 aliphatic carbocycles. The van der Waals surface area contributed by atoms with Gasteiger partial charge in [0.2, 0.25) is 5.88 Å². The van der Waals surface area contributed by atoms with Gasteiger partial charge in [0.1, 0.15) is 16.5 Å². The van der Waals surface area contributed by atoms with E-state index in [2.05, 4.69) is 11.9 Å². The van der Waals surface area contributed by atoms with Crippen LogP contribution in [0, 0.1) is 0 Å². The molecule has 0 aliphatic heterocycles. The molecule has 0 fully saturated rings. The van der Waals surface area contributed by atoms with Crippen LogP contribution in [0.1, 0.15) is 18.9 Å². The molecule has 0 radical (unpaired) electrons. The SMILES string of the molecule is CCCOc1ccc(Oc2ncc(CN)cc2Cl)cc1. The number of rotatable bonds is 6. The fourth-order valence-corrected chi connectivity index (χ4v) is 1.81. The molecule has 2 N–H and O–H groups in total. The van der Waals surface area contributed by atoms with Crippen molar-refractivity contribution in [1.29, 1.82) is 0 Å². The van der Waals surface area contributed by atoms with Gasteiger partial charge < -0.3 is 15.2 Å². The first-order chi connectivity index (χ1) is 9.72. The van der Waals surface area contributed by atoms with Crippen molar-refractivity contribution in [1.82, 2.24) is 4.98 Å². The highest BCUT2D eigenvalue weighted by atomic mass is 35.5. The third kappa shape index (κ3) is 3.85. The first kappa shape index (κ1) is 14.6. The third-order valence-corrected chi connectivity index (χ3v) is 2.88. The van der Waals surface area contributed by atoms with Crippen LogP contribution in [0.25, 0.3) is 0 Å². The Morgan fingerprint density at radius 2 is 1.90 bits per heavy atom. The number of nitrogens with two attached hydrogens (primary N) is 1. The first-order valence-electron chi connectivity index (χ1n) is 6.48. The summed E-state index contributed by atoms with van der Waals surface area (Å²) in [6.45, 7) is 3.17. The number of nitrogens with zero attached hydrogens (tertiary/aromatic N) is 1. The Labute approximate surface area is 123 Å². The molecule has 4 nitrogen and oxygen atoms in total. The lowest BCUT2D eigenvalue weighted by molar-refractivity contribution is 0.317. The zero-order chi connectivity index (χ0) is 14.4. The molecule has 0 saturated carbocycles. The number of ether oxygens (including phenoxy) is 2. The zero-order valence-electron chi connectivity index (χ0n) is 11.3. The number of hydrogen-bond acceptors (Lipinski definition) is 4. The minimum atomic E-state index is 0.367. The predicted molar refractivity (Wildman–Crippen MR) is 79.4 cm³/mol. The van der Waals surface area contributed by atoms with Crippen molar-refractivity contribution in [3.05, 3.63) is 47.1 Å². The molecular formula is C15H17ClN2O2. The molecule has 0 amide bonds. The van der Waals surface area contributed by atoms with Gasteiger partial charge in [-0.15, -0.1) is 0 Å². The zero-order valence-corrected chi connectivity index (χ0v) is 12.1. The Morgan fingerprint density at radius 3 is 2.50 bits per heavy atom. The lowest BCUT2D eigenvalue weighted by atomic mass is 10.3. The predicted octanol–water partition coefficient (Wildman–Crippen LogP) is 3.77. The van der Waals surface area contributed by atoms with E-state index in [1.165, 1.54) is 0 Å². The van der Waals surface area contributed by atoms with Crippen LogP contribution in [0.3, 0.4) is 0 Å². The van der Waals surface area contributed by atoms with E-state index in [-0.39, 0.29) is 0 Å². The highest BCUT2D eigenvalue weighted by molar-refractivity contribution is 6.31. The minimum Gasteiger partial charge on any atom is -0.494 e. The van der Waals surface area contributed by atoms with E-state index < -0.39 is 0 Å².